The van der Waals surface area contributed by atoms with E-state index in [1.165, 1.54) is 0 Å². The Hall–Kier alpha value is -1.20. The number of ketones is 1. The Labute approximate surface area is 244 Å². The predicted molar refractivity (Wildman–Crippen MR) is 152 cm³/mol. The van der Waals surface area contributed by atoms with Crippen LogP contribution < -0.4 is 16.4 Å². The molecule has 1 rings (SSSR count). The number of Topliss-reactive ketones (excluding diaryl/α,β-unsaturated/α-hetero) is 1. The molecule has 14 heteroatoms. The first-order chi connectivity index (χ1) is 18.9. The Kier molecular flexibility index (Phi) is 15.3. The van der Waals surface area contributed by atoms with Crippen LogP contribution in [0.2, 0.25) is 0 Å². The van der Waals surface area contributed by atoms with Gasteiger partial charge in [0.2, 0.25) is 0 Å². The third-order valence-electron chi connectivity index (χ3n) is 7.67. The summed E-state index contributed by atoms with van der Waals surface area (Å²) in [6, 6.07) is -0.710. The summed E-state index contributed by atoms with van der Waals surface area (Å²) in [6.45, 7) is 11.3. The van der Waals surface area contributed by atoms with E-state index in [2.05, 4.69) is 10.6 Å². The highest BCUT2D eigenvalue weighted by atomic mass is 16.6. The van der Waals surface area contributed by atoms with Gasteiger partial charge in [-0.3, -0.25) is 14.9 Å². The lowest BCUT2D eigenvalue weighted by molar-refractivity contribution is -0.292. The molecule has 13 nitrogen and oxygen atoms in total. The number of aliphatic hydroxyl groups is 4. The Morgan fingerprint density at radius 2 is 1.66 bits per heavy atom. The van der Waals surface area contributed by atoms with Gasteiger partial charge in [0.1, 0.15) is 32.3 Å². The van der Waals surface area contributed by atoms with E-state index in [1.807, 2.05) is 13.8 Å². The summed E-state index contributed by atoms with van der Waals surface area (Å²) < 4.78 is 16.9. The first-order valence-electron chi connectivity index (χ1n) is 14.3. The fourth-order valence-electron chi connectivity index (χ4n) is 4.34. The molecular formula is C27H52BN3O10. The molecule has 41 heavy (non-hydrogen) atoms. The van der Waals surface area contributed by atoms with E-state index in [9.17, 15) is 30.0 Å². The fourth-order valence-corrected chi connectivity index (χ4v) is 4.34. The van der Waals surface area contributed by atoms with E-state index in [4.69, 9.17) is 32.9 Å². The molecule has 2 radical (unpaired) electrons. The number of nitrogens with one attached hydrogen (secondary N) is 2. The molecule has 1 fully saturated rings. The maximum atomic E-state index is 13.4. The summed E-state index contributed by atoms with van der Waals surface area (Å²) in [5.74, 6) is -1.15. The lowest BCUT2D eigenvalue weighted by Crippen LogP contribution is -2.59. The van der Waals surface area contributed by atoms with Crippen molar-refractivity contribution in [3.63, 3.8) is 0 Å². The molecule has 0 spiro atoms. The smallest absolute Gasteiger partial charge is 0.303 e. The number of aliphatic hydroxyl groups excluding tert-OH is 4. The first-order valence-corrected chi connectivity index (χ1v) is 14.3. The van der Waals surface area contributed by atoms with Crippen LogP contribution in [0.3, 0.4) is 0 Å². The van der Waals surface area contributed by atoms with Crippen molar-refractivity contribution in [3.05, 3.63) is 0 Å². The molecule has 1 saturated heterocycles. The van der Waals surface area contributed by atoms with Crippen molar-refractivity contribution in [1.29, 1.82) is 0 Å². The van der Waals surface area contributed by atoms with Crippen LogP contribution in [0.25, 0.3) is 0 Å². The number of ether oxygens (including phenoxy) is 3. The van der Waals surface area contributed by atoms with Gasteiger partial charge >= 0.3 is 5.97 Å². The average molecular weight is 590 g/mol. The number of aliphatic carboxylic acids is 1. The van der Waals surface area contributed by atoms with Crippen LogP contribution in [-0.4, -0.2) is 124 Å². The summed E-state index contributed by atoms with van der Waals surface area (Å²) in [5.41, 5.74) is 3.31. The summed E-state index contributed by atoms with van der Waals surface area (Å²) in [4.78, 5) is 24.6. The number of carbonyl (C=O) groups is 2. The lowest BCUT2D eigenvalue weighted by atomic mass is 9.79. The normalized spacial score (nSPS) is 27.9. The third-order valence-corrected chi connectivity index (χ3v) is 7.67. The van der Waals surface area contributed by atoms with E-state index in [0.717, 1.165) is 0 Å². The van der Waals surface area contributed by atoms with E-state index in [1.54, 1.807) is 27.7 Å². The highest BCUT2D eigenvalue weighted by molar-refractivity contribution is 6.14. The quantitative estimate of drug-likeness (QED) is 0.0640. The summed E-state index contributed by atoms with van der Waals surface area (Å²) in [5, 5.41) is 54.7. The predicted octanol–water partition coefficient (Wildman–Crippen LogP) is -0.892. The zero-order chi connectivity index (χ0) is 31.6. The molecule has 1 aliphatic heterocycles. The maximum Gasteiger partial charge on any atom is 0.303 e. The standard InChI is InChI=1S/C27H52BN3O10/c1-7-18(29)31-16(9-10-19(32)33)23(37)26(5,8-2)30-13-11-27(6,28)39-14-12-25(3,4)40-15-17-20(34)21(35)22(36)24(38)41-17/h16-18,20-22,24,30-31,34-36,38H,7-15,29H2,1-6H3,(H,32,33). The molecule has 0 aromatic heterocycles. The summed E-state index contributed by atoms with van der Waals surface area (Å²) in [6.07, 6.45) is -5.86. The number of nitrogens with two attached hydrogens (primary N) is 1. The van der Waals surface area contributed by atoms with Crippen molar-refractivity contribution < 1.29 is 49.3 Å². The summed E-state index contributed by atoms with van der Waals surface area (Å²) in [7, 11) is 6.36. The van der Waals surface area contributed by atoms with Gasteiger partial charge in [0.15, 0.2) is 12.1 Å². The Morgan fingerprint density at radius 1 is 1.02 bits per heavy atom. The monoisotopic (exact) mass is 589 g/mol. The number of carbonyl (C=O) groups excluding carboxylic acids is 1. The molecule has 238 valence electrons. The molecule has 1 heterocycles. The fraction of sp³-hybridized carbons (Fsp3) is 0.926. The summed E-state index contributed by atoms with van der Waals surface area (Å²) >= 11 is 0. The van der Waals surface area contributed by atoms with Gasteiger partial charge in [0, 0.05) is 18.5 Å². The molecule has 9 unspecified atom stereocenters. The number of hydrogen-bond donors (Lipinski definition) is 8. The van der Waals surface area contributed by atoms with Gasteiger partial charge in [-0.25, -0.2) is 0 Å². The minimum Gasteiger partial charge on any atom is -0.481 e. The SMILES string of the molecule is [B]C(C)(CCNC(C)(CC)C(=O)C(CCC(=O)O)NC(N)CC)OCCC(C)(C)OCC1OC(O)C(O)C(O)C1O. The largest absolute Gasteiger partial charge is 0.481 e. The zero-order valence-electron chi connectivity index (χ0n) is 25.3. The van der Waals surface area contributed by atoms with Crippen LogP contribution in [0.4, 0.5) is 0 Å². The number of carboxylic acid groups (broad SMARTS) is 1. The Bertz CT molecular complexity index is 820. The average Bonchev–Trinajstić information content (AvgIpc) is 2.89. The second-order valence-electron chi connectivity index (χ2n) is 11.9. The Balaban J connectivity index is 2.60. The van der Waals surface area contributed by atoms with Crippen molar-refractivity contribution in [3.8, 4) is 0 Å². The molecule has 9 N–H and O–H groups in total. The van der Waals surface area contributed by atoms with Gasteiger partial charge in [-0.2, -0.15) is 0 Å². The van der Waals surface area contributed by atoms with Crippen molar-refractivity contribution in [2.24, 2.45) is 5.73 Å². The van der Waals surface area contributed by atoms with Crippen molar-refractivity contribution in [2.45, 2.75) is 140 Å². The molecule has 0 bridgehead atoms. The van der Waals surface area contributed by atoms with Crippen LogP contribution in [0.1, 0.15) is 80.1 Å². The van der Waals surface area contributed by atoms with Gasteiger partial charge in [-0.05, 0) is 66.3 Å². The third kappa shape index (κ3) is 12.5. The van der Waals surface area contributed by atoms with Crippen LogP contribution in [0.15, 0.2) is 0 Å². The van der Waals surface area contributed by atoms with Gasteiger partial charge in [0.05, 0.1) is 30.0 Å². The van der Waals surface area contributed by atoms with Crippen LogP contribution in [0, 0.1) is 0 Å². The van der Waals surface area contributed by atoms with Crippen molar-refractivity contribution in [1.82, 2.24) is 10.6 Å². The molecule has 0 amide bonds. The maximum absolute atomic E-state index is 13.4. The number of rotatable bonds is 20. The van der Waals surface area contributed by atoms with E-state index in [0.29, 0.717) is 32.2 Å². The van der Waals surface area contributed by atoms with Crippen LogP contribution in [-0.2, 0) is 23.8 Å². The van der Waals surface area contributed by atoms with E-state index in [-0.39, 0.29) is 31.8 Å². The van der Waals surface area contributed by atoms with Crippen molar-refractivity contribution >= 4 is 19.6 Å². The number of hydrogen-bond acceptors (Lipinski definition) is 12. The highest BCUT2D eigenvalue weighted by Gasteiger charge is 2.43. The van der Waals surface area contributed by atoms with Gasteiger partial charge < -0.3 is 50.8 Å². The van der Waals surface area contributed by atoms with Crippen molar-refractivity contribution in [2.75, 3.05) is 19.8 Å². The van der Waals surface area contributed by atoms with E-state index >= 15 is 0 Å². The van der Waals surface area contributed by atoms with Gasteiger partial charge in [-0.15, -0.1) is 0 Å². The van der Waals surface area contributed by atoms with Crippen LogP contribution in [0.5, 0.6) is 0 Å². The molecule has 1 aliphatic rings. The second kappa shape index (κ2) is 16.6. The van der Waals surface area contributed by atoms with Gasteiger partial charge in [0.25, 0.3) is 0 Å². The lowest BCUT2D eigenvalue weighted by Gasteiger charge is -2.39. The van der Waals surface area contributed by atoms with E-state index < -0.39 is 65.5 Å². The van der Waals surface area contributed by atoms with Gasteiger partial charge in [-0.1, -0.05) is 13.8 Å². The Morgan fingerprint density at radius 3 is 2.22 bits per heavy atom. The highest BCUT2D eigenvalue weighted by Crippen LogP contribution is 2.24. The molecular weight excluding hydrogens is 537 g/mol. The minimum atomic E-state index is -1.63. The topological polar surface area (TPSA) is 213 Å². The minimum absolute atomic E-state index is 0.129. The molecule has 0 saturated carbocycles. The molecule has 9 atom stereocenters. The zero-order valence-corrected chi connectivity index (χ0v) is 25.3. The first kappa shape index (κ1) is 37.8. The molecule has 0 aromatic rings. The second-order valence-corrected chi connectivity index (χ2v) is 11.9. The van der Waals surface area contributed by atoms with Crippen LogP contribution >= 0.6 is 0 Å². The molecule has 0 aliphatic carbocycles. The molecule has 0 aromatic carbocycles. The number of carboxylic acids is 1.